The van der Waals surface area contributed by atoms with E-state index in [1.165, 1.54) is 18.2 Å². The average molecular weight is 314 g/mol. The lowest BCUT2D eigenvalue weighted by molar-refractivity contribution is -0.149. The van der Waals surface area contributed by atoms with E-state index in [0.29, 0.717) is 32.5 Å². The monoisotopic (exact) mass is 313 g/mol. The van der Waals surface area contributed by atoms with Crippen LogP contribution in [0.15, 0.2) is 18.2 Å². The van der Waals surface area contributed by atoms with Crippen molar-refractivity contribution in [3.05, 3.63) is 34.6 Å². The van der Waals surface area contributed by atoms with Gasteiger partial charge in [0.2, 0.25) is 0 Å². The Bertz CT molecular complexity index is 542. The van der Waals surface area contributed by atoms with E-state index in [9.17, 15) is 14.0 Å². The zero-order chi connectivity index (χ0) is 15.4. The molecule has 6 heteroatoms. The van der Waals surface area contributed by atoms with E-state index in [1.807, 2.05) is 0 Å². The maximum atomic E-state index is 13.4. The molecule has 0 unspecified atom stereocenters. The Morgan fingerprint density at radius 2 is 2.05 bits per heavy atom. The highest BCUT2D eigenvalue weighted by Crippen LogP contribution is 2.24. The molecule has 0 bridgehead atoms. The zero-order valence-corrected chi connectivity index (χ0v) is 12.5. The first-order valence-electron chi connectivity index (χ1n) is 6.94. The van der Waals surface area contributed by atoms with Crippen molar-refractivity contribution in [3.8, 4) is 0 Å². The molecule has 1 aliphatic rings. The average Bonchev–Trinajstić information content (AvgIpc) is 2.50. The molecule has 0 N–H and O–H groups in total. The van der Waals surface area contributed by atoms with Crippen molar-refractivity contribution in [1.29, 1.82) is 0 Å². The van der Waals surface area contributed by atoms with Gasteiger partial charge in [-0.1, -0.05) is 17.7 Å². The summed E-state index contributed by atoms with van der Waals surface area (Å²) in [7, 11) is 0. The number of likely N-dealkylation sites (tertiary alicyclic amines) is 1. The molecule has 1 aromatic rings. The van der Waals surface area contributed by atoms with E-state index >= 15 is 0 Å². The minimum Gasteiger partial charge on any atom is -0.466 e. The van der Waals surface area contributed by atoms with Crippen LogP contribution in [0.25, 0.3) is 0 Å². The molecule has 1 aromatic carbocycles. The molecule has 0 saturated carbocycles. The normalized spacial score (nSPS) is 15.9. The predicted molar refractivity (Wildman–Crippen MR) is 76.7 cm³/mol. The van der Waals surface area contributed by atoms with E-state index in [-0.39, 0.29) is 28.4 Å². The Labute approximate surface area is 127 Å². The van der Waals surface area contributed by atoms with Crippen molar-refractivity contribution in [2.75, 3.05) is 19.7 Å². The molecule has 2 rings (SSSR count). The third-order valence-corrected chi connectivity index (χ3v) is 3.97. The molecule has 1 saturated heterocycles. The Hall–Kier alpha value is -1.62. The molecule has 0 radical (unpaired) electrons. The Morgan fingerprint density at radius 3 is 2.67 bits per heavy atom. The molecule has 1 aliphatic heterocycles. The fraction of sp³-hybridized carbons (Fsp3) is 0.467. The SMILES string of the molecule is CCOC(=O)C1CCN(C(=O)c2cccc(F)c2Cl)CC1. The minimum absolute atomic E-state index is 0.157. The van der Waals surface area contributed by atoms with Crippen molar-refractivity contribution in [1.82, 2.24) is 4.90 Å². The highest BCUT2D eigenvalue weighted by Gasteiger charge is 2.29. The summed E-state index contributed by atoms with van der Waals surface area (Å²) in [6.45, 7) is 3.00. The Balaban J connectivity index is 2.00. The van der Waals surface area contributed by atoms with Crippen molar-refractivity contribution in [3.63, 3.8) is 0 Å². The third-order valence-electron chi connectivity index (χ3n) is 3.58. The summed E-state index contributed by atoms with van der Waals surface area (Å²) in [5.41, 5.74) is 0.159. The highest BCUT2D eigenvalue weighted by molar-refractivity contribution is 6.34. The van der Waals surface area contributed by atoms with E-state index in [4.69, 9.17) is 16.3 Å². The summed E-state index contributed by atoms with van der Waals surface area (Å²) in [5.74, 6) is -1.30. The van der Waals surface area contributed by atoms with Crippen LogP contribution in [0.5, 0.6) is 0 Å². The van der Waals surface area contributed by atoms with Crippen molar-refractivity contribution >= 4 is 23.5 Å². The summed E-state index contributed by atoms with van der Waals surface area (Å²) in [4.78, 5) is 25.6. The molecular formula is C15H17ClFNO3. The lowest BCUT2D eigenvalue weighted by Crippen LogP contribution is -2.40. The van der Waals surface area contributed by atoms with Gasteiger partial charge in [-0.2, -0.15) is 0 Å². The number of carbonyl (C=O) groups excluding carboxylic acids is 2. The van der Waals surface area contributed by atoms with Crippen LogP contribution >= 0.6 is 11.6 Å². The van der Waals surface area contributed by atoms with Crippen LogP contribution in [0.2, 0.25) is 5.02 Å². The van der Waals surface area contributed by atoms with E-state index < -0.39 is 5.82 Å². The lowest BCUT2D eigenvalue weighted by atomic mass is 9.96. The fourth-order valence-electron chi connectivity index (χ4n) is 2.42. The molecule has 1 amide bonds. The number of hydrogen-bond donors (Lipinski definition) is 0. The Kier molecular flexibility index (Phi) is 5.17. The first kappa shape index (κ1) is 15.8. The van der Waals surface area contributed by atoms with Crippen LogP contribution in [0.1, 0.15) is 30.1 Å². The maximum absolute atomic E-state index is 13.4. The summed E-state index contributed by atoms with van der Waals surface area (Å²) in [6, 6.07) is 4.18. The van der Waals surface area contributed by atoms with Gasteiger partial charge in [-0.05, 0) is 31.9 Å². The first-order valence-corrected chi connectivity index (χ1v) is 7.32. The molecule has 114 valence electrons. The summed E-state index contributed by atoms with van der Waals surface area (Å²) < 4.78 is 18.4. The van der Waals surface area contributed by atoms with Crippen LogP contribution in [0, 0.1) is 11.7 Å². The van der Waals surface area contributed by atoms with Gasteiger partial charge in [0.1, 0.15) is 5.82 Å². The minimum atomic E-state index is -0.607. The van der Waals surface area contributed by atoms with Crippen molar-refractivity contribution in [2.24, 2.45) is 5.92 Å². The van der Waals surface area contributed by atoms with Gasteiger partial charge in [-0.25, -0.2) is 4.39 Å². The van der Waals surface area contributed by atoms with Gasteiger partial charge in [0.15, 0.2) is 0 Å². The third kappa shape index (κ3) is 3.53. The number of hydrogen-bond acceptors (Lipinski definition) is 3. The molecule has 0 atom stereocenters. The summed E-state index contributed by atoms with van der Waals surface area (Å²) >= 11 is 5.83. The van der Waals surface area contributed by atoms with E-state index in [1.54, 1.807) is 11.8 Å². The predicted octanol–water partition coefficient (Wildman–Crippen LogP) is 2.89. The smallest absolute Gasteiger partial charge is 0.309 e. The van der Waals surface area contributed by atoms with Crippen LogP contribution in [0.4, 0.5) is 4.39 Å². The number of carbonyl (C=O) groups is 2. The van der Waals surface area contributed by atoms with Gasteiger partial charge >= 0.3 is 5.97 Å². The second-order valence-corrected chi connectivity index (χ2v) is 5.30. The van der Waals surface area contributed by atoms with E-state index in [0.717, 1.165) is 0 Å². The van der Waals surface area contributed by atoms with Crippen molar-refractivity contribution < 1.29 is 18.7 Å². The van der Waals surface area contributed by atoms with Crippen LogP contribution < -0.4 is 0 Å². The number of rotatable bonds is 3. The second kappa shape index (κ2) is 6.89. The van der Waals surface area contributed by atoms with Gasteiger partial charge in [-0.3, -0.25) is 9.59 Å². The van der Waals surface area contributed by atoms with E-state index in [2.05, 4.69) is 0 Å². The maximum Gasteiger partial charge on any atom is 0.309 e. The number of piperidine rings is 1. The molecule has 0 aliphatic carbocycles. The zero-order valence-electron chi connectivity index (χ0n) is 11.8. The number of amides is 1. The molecule has 4 nitrogen and oxygen atoms in total. The molecular weight excluding hydrogens is 297 g/mol. The Morgan fingerprint density at radius 1 is 1.38 bits per heavy atom. The van der Waals surface area contributed by atoms with Gasteiger partial charge in [0.05, 0.1) is 23.1 Å². The number of halogens is 2. The quantitative estimate of drug-likeness (QED) is 0.806. The molecule has 1 heterocycles. The molecule has 21 heavy (non-hydrogen) atoms. The highest BCUT2D eigenvalue weighted by atomic mass is 35.5. The largest absolute Gasteiger partial charge is 0.466 e. The molecule has 1 fully saturated rings. The lowest BCUT2D eigenvalue weighted by Gasteiger charge is -2.31. The number of esters is 1. The summed E-state index contributed by atoms with van der Waals surface area (Å²) in [6.07, 6.45) is 1.11. The van der Waals surface area contributed by atoms with Gasteiger partial charge in [0, 0.05) is 13.1 Å². The van der Waals surface area contributed by atoms with Crippen molar-refractivity contribution in [2.45, 2.75) is 19.8 Å². The van der Waals surface area contributed by atoms with Crippen LogP contribution in [0.3, 0.4) is 0 Å². The standard InChI is InChI=1S/C15H17ClFNO3/c1-2-21-15(20)10-6-8-18(9-7-10)14(19)11-4-3-5-12(17)13(11)16/h3-5,10H,2,6-9H2,1H3. The van der Waals surface area contributed by atoms with Gasteiger partial charge < -0.3 is 9.64 Å². The van der Waals surface area contributed by atoms with Crippen LogP contribution in [-0.4, -0.2) is 36.5 Å². The summed E-state index contributed by atoms with van der Waals surface area (Å²) in [5, 5.41) is -0.157. The molecule has 0 spiro atoms. The first-order chi connectivity index (χ1) is 10.0. The molecule has 0 aromatic heterocycles. The van der Waals surface area contributed by atoms with Gasteiger partial charge in [0.25, 0.3) is 5.91 Å². The number of benzene rings is 1. The number of nitrogens with zero attached hydrogens (tertiary/aromatic N) is 1. The second-order valence-electron chi connectivity index (χ2n) is 4.92. The topological polar surface area (TPSA) is 46.6 Å². The fourth-order valence-corrected chi connectivity index (χ4v) is 2.62. The van der Waals surface area contributed by atoms with Gasteiger partial charge in [-0.15, -0.1) is 0 Å². The van der Waals surface area contributed by atoms with Crippen LogP contribution in [-0.2, 0) is 9.53 Å². The number of ether oxygens (including phenoxy) is 1.